The highest BCUT2D eigenvalue weighted by atomic mass is 16.6. The smallest absolute Gasteiger partial charge is 0.311 e. The second-order valence-electron chi connectivity index (χ2n) is 5.87. The normalized spacial score (nSPS) is 10.7. The fourth-order valence-electron chi connectivity index (χ4n) is 2.86. The molecule has 4 aromatic rings. The number of nitrogens with zero attached hydrogens (tertiary/aromatic N) is 3. The summed E-state index contributed by atoms with van der Waals surface area (Å²) < 4.78 is 0. The maximum atomic E-state index is 11.1. The highest BCUT2D eigenvalue weighted by Crippen LogP contribution is 2.35. The van der Waals surface area contributed by atoms with Gasteiger partial charge in [-0.15, -0.1) is 0 Å². The van der Waals surface area contributed by atoms with Crippen molar-refractivity contribution in [1.82, 2.24) is 15.0 Å². The van der Waals surface area contributed by atoms with E-state index in [9.17, 15) is 15.2 Å². The van der Waals surface area contributed by atoms with Crippen LogP contribution in [0.1, 0.15) is 0 Å². The van der Waals surface area contributed by atoms with E-state index < -0.39 is 4.92 Å². The lowest BCUT2D eigenvalue weighted by molar-refractivity contribution is -0.385. The Morgan fingerprint density at radius 2 is 1.67 bits per heavy atom. The van der Waals surface area contributed by atoms with E-state index >= 15 is 0 Å². The topological polar surface area (TPSA) is 105 Å². The number of aromatic amines is 1. The van der Waals surface area contributed by atoms with E-state index in [4.69, 9.17) is 0 Å². The van der Waals surface area contributed by atoms with Crippen molar-refractivity contribution in [2.75, 3.05) is 0 Å². The summed E-state index contributed by atoms with van der Waals surface area (Å²) in [6.45, 7) is 0. The van der Waals surface area contributed by atoms with Crippen LogP contribution in [0, 0.1) is 10.1 Å². The van der Waals surface area contributed by atoms with E-state index in [1.165, 1.54) is 12.1 Å². The van der Waals surface area contributed by atoms with E-state index in [1.807, 2.05) is 42.5 Å². The molecule has 0 atom stereocenters. The fraction of sp³-hybridized carbons (Fsp3) is 0. The number of pyridine rings is 1. The molecule has 132 valence electrons. The minimum Gasteiger partial charge on any atom is -0.502 e. The summed E-state index contributed by atoms with van der Waals surface area (Å²) in [5, 5.41) is 20.8. The number of H-pyrrole nitrogens is 1. The molecule has 0 aliphatic rings. The van der Waals surface area contributed by atoms with Crippen LogP contribution in [0.4, 0.5) is 5.69 Å². The first-order chi connectivity index (χ1) is 13.1. The second kappa shape index (κ2) is 6.72. The monoisotopic (exact) mass is 358 g/mol. The molecule has 0 unspecified atom stereocenters. The van der Waals surface area contributed by atoms with E-state index in [1.54, 1.807) is 18.5 Å². The zero-order valence-corrected chi connectivity index (χ0v) is 14.0. The van der Waals surface area contributed by atoms with Crippen LogP contribution in [0.15, 0.2) is 73.1 Å². The summed E-state index contributed by atoms with van der Waals surface area (Å²) in [5.74, 6) is 0.0942. The molecule has 0 amide bonds. The van der Waals surface area contributed by atoms with Gasteiger partial charge in [0, 0.05) is 35.2 Å². The van der Waals surface area contributed by atoms with Crippen LogP contribution in [-0.4, -0.2) is 25.0 Å². The van der Waals surface area contributed by atoms with Crippen molar-refractivity contribution >= 4 is 5.69 Å². The summed E-state index contributed by atoms with van der Waals surface area (Å²) in [5.41, 5.74) is 3.48. The van der Waals surface area contributed by atoms with Gasteiger partial charge in [0.1, 0.15) is 5.82 Å². The van der Waals surface area contributed by atoms with E-state index in [0.717, 1.165) is 22.5 Å². The lowest BCUT2D eigenvalue weighted by Crippen LogP contribution is -1.90. The molecule has 2 N–H and O–H groups in total. The number of phenols is 1. The molecule has 7 heteroatoms. The van der Waals surface area contributed by atoms with Gasteiger partial charge >= 0.3 is 5.69 Å². The van der Waals surface area contributed by atoms with E-state index in [0.29, 0.717) is 11.4 Å². The molecule has 4 rings (SSSR count). The molecule has 2 aromatic carbocycles. The summed E-state index contributed by atoms with van der Waals surface area (Å²) in [6.07, 6.45) is 3.38. The van der Waals surface area contributed by atoms with Crippen molar-refractivity contribution in [3.8, 4) is 39.7 Å². The third kappa shape index (κ3) is 3.13. The first kappa shape index (κ1) is 16.5. The van der Waals surface area contributed by atoms with Crippen LogP contribution in [-0.2, 0) is 0 Å². The molecule has 7 nitrogen and oxygen atoms in total. The van der Waals surface area contributed by atoms with Crippen LogP contribution in [0.3, 0.4) is 0 Å². The number of aromatic hydroxyl groups is 1. The van der Waals surface area contributed by atoms with Gasteiger partial charge < -0.3 is 10.1 Å². The molecule has 2 aromatic heterocycles. The van der Waals surface area contributed by atoms with Crippen molar-refractivity contribution in [3.05, 3.63) is 83.2 Å². The molecule has 0 aliphatic carbocycles. The fourth-order valence-corrected chi connectivity index (χ4v) is 2.86. The molecular formula is C20H14N4O3. The maximum Gasteiger partial charge on any atom is 0.311 e. The standard InChI is InChI=1S/C20H14N4O3/c25-17-7-6-15(12-16(17)24(26)27)20-22-18(13-4-2-1-3-5-13)19(23-20)14-8-10-21-11-9-14/h1-12,25H,(H,22,23). The Labute approximate surface area is 154 Å². The average Bonchev–Trinajstić information content (AvgIpc) is 3.15. The van der Waals surface area contributed by atoms with Crippen LogP contribution in [0.25, 0.3) is 33.9 Å². The zero-order chi connectivity index (χ0) is 18.8. The Hall–Kier alpha value is -4.00. The molecule has 0 fully saturated rings. The Bertz CT molecular complexity index is 1050. The molecule has 0 saturated heterocycles. The Kier molecular flexibility index (Phi) is 4.10. The number of aromatic nitrogens is 3. The molecule has 0 radical (unpaired) electrons. The minimum atomic E-state index is -0.621. The lowest BCUT2D eigenvalue weighted by Gasteiger charge is -2.02. The molecule has 27 heavy (non-hydrogen) atoms. The van der Waals surface area contributed by atoms with Gasteiger partial charge in [-0.3, -0.25) is 15.1 Å². The largest absolute Gasteiger partial charge is 0.502 e. The number of nitrogens with one attached hydrogen (secondary N) is 1. The number of imidazole rings is 1. The van der Waals surface area contributed by atoms with Crippen molar-refractivity contribution in [1.29, 1.82) is 0 Å². The molecular weight excluding hydrogens is 344 g/mol. The Morgan fingerprint density at radius 3 is 2.37 bits per heavy atom. The van der Waals surface area contributed by atoms with Gasteiger partial charge in [-0.25, -0.2) is 4.98 Å². The van der Waals surface area contributed by atoms with Crippen molar-refractivity contribution < 1.29 is 10.0 Å². The predicted octanol–water partition coefficient (Wildman–Crippen LogP) is 4.42. The maximum absolute atomic E-state index is 11.1. The van der Waals surface area contributed by atoms with Crippen LogP contribution < -0.4 is 0 Å². The average molecular weight is 358 g/mol. The summed E-state index contributed by atoms with van der Waals surface area (Å²) >= 11 is 0. The van der Waals surface area contributed by atoms with Gasteiger partial charge in [0.05, 0.1) is 16.3 Å². The zero-order valence-electron chi connectivity index (χ0n) is 14.0. The summed E-state index contributed by atoms with van der Waals surface area (Å²) in [6, 6.07) is 17.6. The van der Waals surface area contributed by atoms with Crippen molar-refractivity contribution in [2.24, 2.45) is 0 Å². The Balaban J connectivity index is 1.90. The molecule has 0 spiro atoms. The third-order valence-corrected chi connectivity index (χ3v) is 4.17. The number of benzene rings is 2. The number of hydrogen-bond donors (Lipinski definition) is 2. The highest BCUT2D eigenvalue weighted by molar-refractivity contribution is 5.81. The summed E-state index contributed by atoms with van der Waals surface area (Å²) in [4.78, 5) is 22.5. The number of nitro groups is 1. The number of nitro benzene ring substituents is 1. The van der Waals surface area contributed by atoms with Gasteiger partial charge in [0.25, 0.3) is 0 Å². The van der Waals surface area contributed by atoms with Crippen molar-refractivity contribution in [3.63, 3.8) is 0 Å². The second-order valence-corrected chi connectivity index (χ2v) is 5.87. The van der Waals surface area contributed by atoms with Crippen molar-refractivity contribution in [2.45, 2.75) is 0 Å². The molecule has 2 heterocycles. The predicted molar refractivity (Wildman–Crippen MR) is 101 cm³/mol. The first-order valence-corrected chi connectivity index (χ1v) is 8.17. The number of hydrogen-bond acceptors (Lipinski definition) is 5. The number of phenolic OH excluding ortho intramolecular Hbond substituents is 1. The molecule has 0 aliphatic heterocycles. The van der Waals surface area contributed by atoms with Gasteiger partial charge in [0.15, 0.2) is 5.75 Å². The van der Waals surface area contributed by atoms with Crippen LogP contribution in [0.5, 0.6) is 5.75 Å². The quantitative estimate of drug-likeness (QED) is 0.415. The van der Waals surface area contributed by atoms with E-state index in [-0.39, 0.29) is 11.4 Å². The SMILES string of the molecule is O=[N+]([O-])c1cc(-c2nc(-c3ccccc3)c(-c3ccncc3)[nH]2)ccc1O. The number of rotatable bonds is 4. The highest BCUT2D eigenvalue weighted by Gasteiger charge is 2.19. The van der Waals surface area contributed by atoms with Gasteiger partial charge in [-0.05, 0) is 24.3 Å². The van der Waals surface area contributed by atoms with Crippen LogP contribution in [0.2, 0.25) is 0 Å². The van der Waals surface area contributed by atoms with Gasteiger partial charge in [-0.2, -0.15) is 0 Å². The van der Waals surface area contributed by atoms with Gasteiger partial charge in [-0.1, -0.05) is 30.3 Å². The van der Waals surface area contributed by atoms with Crippen LogP contribution >= 0.6 is 0 Å². The van der Waals surface area contributed by atoms with Gasteiger partial charge in [0.2, 0.25) is 0 Å². The minimum absolute atomic E-state index is 0.365. The lowest BCUT2D eigenvalue weighted by atomic mass is 10.1. The first-order valence-electron chi connectivity index (χ1n) is 8.17. The van der Waals surface area contributed by atoms with E-state index in [2.05, 4.69) is 15.0 Å². The molecule has 0 bridgehead atoms. The third-order valence-electron chi connectivity index (χ3n) is 4.17. The molecule has 0 saturated carbocycles. The summed E-state index contributed by atoms with van der Waals surface area (Å²) in [7, 11) is 0. The Morgan fingerprint density at radius 1 is 0.926 bits per heavy atom.